The van der Waals surface area contributed by atoms with Crippen molar-refractivity contribution in [2.45, 2.75) is 17.9 Å². The highest BCUT2D eigenvalue weighted by Crippen LogP contribution is 2.30. The van der Waals surface area contributed by atoms with E-state index in [0.717, 1.165) is 5.56 Å². The number of amides is 1. The lowest BCUT2D eigenvalue weighted by Gasteiger charge is -2.40. The Morgan fingerprint density at radius 3 is 1.82 bits per heavy atom. The molecule has 1 aliphatic rings. The van der Waals surface area contributed by atoms with Gasteiger partial charge in [-0.05, 0) is 54.4 Å². The lowest BCUT2D eigenvalue weighted by molar-refractivity contribution is -0.131. The van der Waals surface area contributed by atoms with Gasteiger partial charge in [0.25, 0.3) is 10.0 Å². The molecule has 4 aromatic carbocycles. The zero-order chi connectivity index (χ0) is 28.1. The number of benzene rings is 4. The van der Waals surface area contributed by atoms with Crippen LogP contribution in [0.4, 0.5) is 5.69 Å². The molecule has 0 bridgehead atoms. The van der Waals surface area contributed by atoms with E-state index in [1.807, 2.05) is 43.3 Å². The number of aryl methyl sites for hydroxylation is 1. The second kappa shape index (κ2) is 12.3. The summed E-state index contributed by atoms with van der Waals surface area (Å²) >= 11 is 6.07. The molecule has 1 aliphatic heterocycles. The van der Waals surface area contributed by atoms with Crippen molar-refractivity contribution < 1.29 is 13.2 Å². The Balaban J connectivity index is 1.34. The summed E-state index contributed by atoms with van der Waals surface area (Å²) in [6, 6.07) is 34.0. The van der Waals surface area contributed by atoms with Crippen molar-refractivity contribution in [3.05, 3.63) is 131 Å². The molecule has 0 radical (unpaired) electrons. The third kappa shape index (κ3) is 6.22. The summed E-state index contributed by atoms with van der Waals surface area (Å²) in [4.78, 5) is 17.9. The highest BCUT2D eigenvalue weighted by atomic mass is 35.5. The molecule has 4 aromatic rings. The van der Waals surface area contributed by atoms with Crippen molar-refractivity contribution in [2.24, 2.45) is 0 Å². The fourth-order valence-electron chi connectivity index (χ4n) is 5.10. The van der Waals surface area contributed by atoms with Crippen molar-refractivity contribution in [3.63, 3.8) is 0 Å². The largest absolute Gasteiger partial charge is 0.339 e. The Kier molecular flexibility index (Phi) is 8.54. The molecule has 0 unspecified atom stereocenters. The van der Waals surface area contributed by atoms with Gasteiger partial charge in [0.1, 0.15) is 6.54 Å². The highest BCUT2D eigenvalue weighted by Gasteiger charge is 2.32. The lowest BCUT2D eigenvalue weighted by atomic mass is 9.96. The van der Waals surface area contributed by atoms with E-state index in [-0.39, 0.29) is 23.4 Å². The van der Waals surface area contributed by atoms with Crippen LogP contribution in [0.1, 0.15) is 22.7 Å². The highest BCUT2D eigenvalue weighted by molar-refractivity contribution is 7.92. The van der Waals surface area contributed by atoms with Gasteiger partial charge < -0.3 is 4.90 Å². The van der Waals surface area contributed by atoms with Gasteiger partial charge in [0, 0.05) is 31.2 Å². The summed E-state index contributed by atoms with van der Waals surface area (Å²) in [6.45, 7) is 3.97. The smallest absolute Gasteiger partial charge is 0.264 e. The zero-order valence-corrected chi connectivity index (χ0v) is 23.9. The second-order valence-corrected chi connectivity index (χ2v) is 12.2. The molecule has 40 heavy (non-hydrogen) atoms. The van der Waals surface area contributed by atoms with Crippen molar-refractivity contribution in [1.82, 2.24) is 9.80 Å². The minimum atomic E-state index is -3.98. The normalized spacial score (nSPS) is 14.3. The van der Waals surface area contributed by atoms with E-state index in [1.54, 1.807) is 53.4 Å². The predicted octanol–water partition coefficient (Wildman–Crippen LogP) is 5.78. The molecule has 5 rings (SSSR count). The minimum absolute atomic E-state index is 0.0760. The Bertz CT molecular complexity index is 1480. The van der Waals surface area contributed by atoms with Crippen molar-refractivity contribution in [2.75, 3.05) is 37.0 Å². The second-order valence-electron chi connectivity index (χ2n) is 9.94. The molecule has 1 fully saturated rings. The fourth-order valence-corrected chi connectivity index (χ4v) is 6.64. The van der Waals surface area contributed by atoms with E-state index in [2.05, 4.69) is 29.2 Å². The molecule has 0 saturated carbocycles. The summed E-state index contributed by atoms with van der Waals surface area (Å²) in [6.07, 6.45) is 0. The quantitative estimate of drug-likeness (QED) is 0.268. The summed E-state index contributed by atoms with van der Waals surface area (Å²) < 4.78 is 28.6. The number of carbonyl (C=O) groups excluding carboxylic acids is 1. The first-order valence-electron chi connectivity index (χ1n) is 13.3. The van der Waals surface area contributed by atoms with E-state index < -0.39 is 10.0 Å². The van der Waals surface area contributed by atoms with E-state index >= 15 is 0 Å². The van der Waals surface area contributed by atoms with E-state index in [0.29, 0.717) is 36.9 Å². The molecular weight excluding hydrogens is 542 g/mol. The van der Waals surface area contributed by atoms with Crippen LogP contribution >= 0.6 is 11.6 Å². The van der Waals surface area contributed by atoms with Crippen molar-refractivity contribution >= 4 is 33.2 Å². The van der Waals surface area contributed by atoms with Gasteiger partial charge in [0.2, 0.25) is 5.91 Å². The number of anilines is 1. The Morgan fingerprint density at radius 1 is 0.775 bits per heavy atom. The van der Waals surface area contributed by atoms with Crippen LogP contribution in [-0.2, 0) is 14.8 Å². The molecule has 1 saturated heterocycles. The van der Waals surface area contributed by atoms with Crippen molar-refractivity contribution in [3.8, 4) is 0 Å². The summed E-state index contributed by atoms with van der Waals surface area (Å²) in [5.41, 5.74) is 3.75. The molecule has 0 aromatic heterocycles. The average molecular weight is 574 g/mol. The maximum atomic E-state index is 13.7. The van der Waals surface area contributed by atoms with Gasteiger partial charge in [-0.1, -0.05) is 90.0 Å². The number of halogens is 1. The number of piperazine rings is 1. The summed E-state index contributed by atoms with van der Waals surface area (Å²) in [7, 11) is -3.98. The Hall–Kier alpha value is -3.65. The van der Waals surface area contributed by atoms with E-state index in [4.69, 9.17) is 11.6 Å². The fraction of sp³-hybridized carbons (Fsp3) is 0.219. The van der Waals surface area contributed by atoms with Gasteiger partial charge in [0.05, 0.1) is 16.6 Å². The number of hydrogen-bond acceptors (Lipinski definition) is 4. The molecule has 0 atom stereocenters. The third-order valence-corrected chi connectivity index (χ3v) is 9.31. The first-order chi connectivity index (χ1) is 19.3. The van der Waals surface area contributed by atoms with Crippen LogP contribution < -0.4 is 4.31 Å². The zero-order valence-electron chi connectivity index (χ0n) is 22.4. The van der Waals surface area contributed by atoms with Crippen LogP contribution in [0.25, 0.3) is 0 Å². The topological polar surface area (TPSA) is 60.9 Å². The van der Waals surface area contributed by atoms with Crippen LogP contribution in [0.3, 0.4) is 0 Å². The van der Waals surface area contributed by atoms with Gasteiger partial charge in [-0.3, -0.25) is 14.0 Å². The number of carbonyl (C=O) groups is 1. The van der Waals surface area contributed by atoms with Crippen LogP contribution in [0.15, 0.2) is 114 Å². The van der Waals surface area contributed by atoms with Crippen molar-refractivity contribution in [1.29, 1.82) is 0 Å². The summed E-state index contributed by atoms with van der Waals surface area (Å²) in [5.74, 6) is -0.235. The van der Waals surface area contributed by atoms with Crippen LogP contribution in [-0.4, -0.2) is 56.8 Å². The number of nitrogens with zero attached hydrogens (tertiary/aromatic N) is 3. The van der Waals surface area contributed by atoms with Gasteiger partial charge in [-0.25, -0.2) is 8.42 Å². The maximum absolute atomic E-state index is 13.7. The molecule has 1 heterocycles. The molecule has 8 heteroatoms. The standard InChI is InChI=1S/C32H32ClN3O3S/c1-25-12-18-30(19-13-25)40(38,39)36(29-16-14-28(33)15-17-29)24-31(37)34-20-22-35(23-21-34)32(26-8-4-2-5-9-26)27-10-6-3-7-11-27/h2-19,32H,20-24H2,1H3. The predicted molar refractivity (Wildman–Crippen MR) is 160 cm³/mol. The molecule has 0 aliphatic carbocycles. The molecule has 0 N–H and O–H groups in total. The van der Waals surface area contributed by atoms with E-state index in [1.165, 1.54) is 15.4 Å². The molecule has 206 valence electrons. The van der Waals surface area contributed by atoms with Gasteiger partial charge in [-0.15, -0.1) is 0 Å². The SMILES string of the molecule is Cc1ccc(S(=O)(=O)N(CC(=O)N2CCN(C(c3ccccc3)c3ccccc3)CC2)c2ccc(Cl)cc2)cc1. The average Bonchev–Trinajstić information content (AvgIpc) is 2.98. The Labute approximate surface area is 241 Å². The molecular formula is C32H32ClN3O3S. The van der Waals surface area contributed by atoms with Gasteiger partial charge in [-0.2, -0.15) is 0 Å². The Morgan fingerprint density at radius 2 is 1.30 bits per heavy atom. The maximum Gasteiger partial charge on any atom is 0.264 e. The number of sulfonamides is 1. The number of rotatable bonds is 8. The summed E-state index contributed by atoms with van der Waals surface area (Å²) in [5, 5.41) is 0.491. The van der Waals surface area contributed by atoms with Crippen LogP contribution in [0.2, 0.25) is 5.02 Å². The molecule has 1 amide bonds. The first kappa shape index (κ1) is 27.9. The molecule has 6 nitrogen and oxygen atoms in total. The van der Waals surface area contributed by atoms with Gasteiger partial charge >= 0.3 is 0 Å². The van der Waals surface area contributed by atoms with Gasteiger partial charge in [0.15, 0.2) is 0 Å². The number of hydrogen-bond donors (Lipinski definition) is 0. The third-order valence-electron chi connectivity index (χ3n) is 7.27. The van der Waals surface area contributed by atoms with Crippen LogP contribution in [0.5, 0.6) is 0 Å². The minimum Gasteiger partial charge on any atom is -0.339 e. The lowest BCUT2D eigenvalue weighted by Crippen LogP contribution is -2.52. The van der Waals surface area contributed by atoms with Crippen LogP contribution in [0, 0.1) is 6.92 Å². The molecule has 0 spiro atoms. The van der Waals surface area contributed by atoms with E-state index in [9.17, 15) is 13.2 Å². The monoisotopic (exact) mass is 573 g/mol. The first-order valence-corrected chi connectivity index (χ1v) is 15.1.